The first-order valence-electron chi connectivity index (χ1n) is 12.5. The Balaban J connectivity index is 1.07. The van der Waals surface area contributed by atoms with Gasteiger partial charge in [0.15, 0.2) is 12.1 Å². The van der Waals surface area contributed by atoms with Crippen molar-refractivity contribution in [2.45, 2.75) is 26.3 Å². The minimum Gasteiger partial charge on any atom is -0.465 e. The first-order valence-corrected chi connectivity index (χ1v) is 12.5. The Hall–Kier alpha value is -4.03. The molecule has 2 aliphatic rings. The third kappa shape index (κ3) is 4.60. The number of benzene rings is 1. The minimum absolute atomic E-state index is 0.150. The quantitative estimate of drug-likeness (QED) is 0.348. The lowest BCUT2D eigenvalue weighted by Gasteiger charge is -2.36. The van der Waals surface area contributed by atoms with Crippen LogP contribution in [0.15, 0.2) is 53.3 Å². The van der Waals surface area contributed by atoms with Crippen molar-refractivity contribution in [1.82, 2.24) is 24.3 Å². The summed E-state index contributed by atoms with van der Waals surface area (Å²) in [4.78, 5) is 11.1. The Morgan fingerprint density at radius 1 is 1.11 bits per heavy atom. The fourth-order valence-corrected chi connectivity index (χ4v) is 4.85. The number of anilines is 3. The summed E-state index contributed by atoms with van der Waals surface area (Å²) in [5.74, 6) is 2.18. The molecule has 1 fully saturated rings. The van der Waals surface area contributed by atoms with Crippen molar-refractivity contribution in [3.8, 4) is 5.75 Å². The number of furan rings is 1. The van der Waals surface area contributed by atoms with Crippen molar-refractivity contribution in [1.29, 1.82) is 5.41 Å². The number of methoxy groups -OCH3 is 1. The number of piperazine rings is 1. The fourth-order valence-electron chi connectivity index (χ4n) is 4.85. The van der Waals surface area contributed by atoms with E-state index in [4.69, 9.17) is 19.3 Å². The summed E-state index contributed by atoms with van der Waals surface area (Å²) in [6, 6.07) is 11.9. The van der Waals surface area contributed by atoms with Gasteiger partial charge < -0.3 is 18.8 Å². The molecule has 5 heterocycles. The SMILES string of the molecule is COC(C)Oc1ccc(N2CCN(CCn3ncc4c5c(nc(=N)n43)NN(c3ccco3)C5)CC2)cc1. The average Bonchev–Trinajstić information content (AvgIpc) is 3.68. The van der Waals surface area contributed by atoms with Crippen LogP contribution in [0.4, 0.5) is 17.4 Å². The van der Waals surface area contributed by atoms with Crippen LogP contribution in [0.1, 0.15) is 12.5 Å². The third-order valence-electron chi connectivity index (χ3n) is 6.94. The second-order valence-electron chi connectivity index (χ2n) is 9.19. The lowest BCUT2D eigenvalue weighted by Crippen LogP contribution is -2.47. The number of ether oxygens (including phenoxy) is 2. The van der Waals surface area contributed by atoms with E-state index in [0.717, 1.165) is 49.6 Å². The highest BCUT2D eigenvalue weighted by Crippen LogP contribution is 2.29. The van der Waals surface area contributed by atoms with Gasteiger partial charge in [-0.25, -0.2) is 4.52 Å². The highest BCUT2D eigenvalue weighted by atomic mass is 16.7. The van der Waals surface area contributed by atoms with Crippen molar-refractivity contribution < 1.29 is 13.9 Å². The first-order chi connectivity index (χ1) is 18.1. The zero-order valence-electron chi connectivity index (χ0n) is 21.0. The molecule has 0 amide bonds. The van der Waals surface area contributed by atoms with Gasteiger partial charge in [-0.1, -0.05) is 0 Å². The molecule has 37 heavy (non-hydrogen) atoms. The van der Waals surface area contributed by atoms with Crippen molar-refractivity contribution >= 4 is 22.9 Å². The molecule has 2 aliphatic heterocycles. The predicted octanol–water partition coefficient (Wildman–Crippen LogP) is 2.14. The van der Waals surface area contributed by atoms with Gasteiger partial charge in [0, 0.05) is 57.2 Å². The standard InChI is InChI=1S/C25H31N9O3/c1-18(35-2)37-20-7-5-19(6-8-20)31-12-9-30(10-13-31)11-14-33-27-16-22-21-17-32(23-4-3-15-36-23)29-24(21)28-25(26)34(22)33/h3-8,15-16,18H,9-14,17H2,1-2H3,(H2,26,28,29). The van der Waals surface area contributed by atoms with Crippen molar-refractivity contribution in [2.75, 3.05) is 55.2 Å². The first kappa shape index (κ1) is 23.4. The van der Waals surface area contributed by atoms with Crippen molar-refractivity contribution in [3.05, 3.63) is 60.0 Å². The van der Waals surface area contributed by atoms with Crippen molar-refractivity contribution in [3.63, 3.8) is 0 Å². The van der Waals surface area contributed by atoms with Crippen LogP contribution in [0.3, 0.4) is 0 Å². The maximum Gasteiger partial charge on any atom is 0.245 e. The van der Waals surface area contributed by atoms with E-state index in [9.17, 15) is 0 Å². The number of nitrogens with zero attached hydrogens (tertiary/aromatic N) is 7. The molecule has 12 nitrogen and oxygen atoms in total. The molecule has 6 rings (SSSR count). The smallest absolute Gasteiger partial charge is 0.245 e. The lowest BCUT2D eigenvalue weighted by molar-refractivity contribution is -0.0382. The lowest BCUT2D eigenvalue weighted by atomic mass is 10.2. The Morgan fingerprint density at radius 2 is 1.92 bits per heavy atom. The molecular weight excluding hydrogens is 474 g/mol. The van der Waals surface area contributed by atoms with Gasteiger partial charge in [-0.3, -0.25) is 20.7 Å². The van der Waals surface area contributed by atoms with Crippen LogP contribution < -0.4 is 25.7 Å². The molecule has 2 N–H and O–H groups in total. The van der Waals surface area contributed by atoms with E-state index in [1.807, 2.05) is 47.2 Å². The number of hydrazine groups is 1. The van der Waals surface area contributed by atoms with Gasteiger partial charge in [-0.2, -0.15) is 14.9 Å². The van der Waals surface area contributed by atoms with E-state index < -0.39 is 0 Å². The summed E-state index contributed by atoms with van der Waals surface area (Å²) in [5.41, 5.74) is 6.46. The fraction of sp³-hybridized carbons (Fsp3) is 0.400. The van der Waals surface area contributed by atoms with Crippen LogP contribution >= 0.6 is 0 Å². The van der Waals surface area contributed by atoms with Gasteiger partial charge >= 0.3 is 0 Å². The van der Waals surface area contributed by atoms with Crippen molar-refractivity contribution in [2.24, 2.45) is 0 Å². The Bertz CT molecular complexity index is 1410. The second kappa shape index (κ2) is 9.79. The minimum atomic E-state index is -0.268. The van der Waals surface area contributed by atoms with Gasteiger partial charge in [0.05, 0.1) is 31.1 Å². The number of fused-ring (bicyclic) bond motifs is 3. The summed E-state index contributed by atoms with van der Waals surface area (Å²) < 4.78 is 18.1. The second-order valence-corrected chi connectivity index (χ2v) is 9.19. The number of aromatic nitrogens is 4. The van der Waals surface area contributed by atoms with E-state index in [2.05, 4.69) is 37.4 Å². The molecule has 0 aliphatic carbocycles. The third-order valence-corrected chi connectivity index (χ3v) is 6.94. The van der Waals surface area contributed by atoms with E-state index in [1.54, 1.807) is 17.9 Å². The van der Waals surface area contributed by atoms with Gasteiger partial charge in [0.25, 0.3) is 0 Å². The molecule has 1 aromatic carbocycles. The number of rotatable bonds is 8. The topological polar surface area (TPSA) is 112 Å². The molecule has 194 valence electrons. The molecule has 1 saturated heterocycles. The maximum atomic E-state index is 8.51. The highest BCUT2D eigenvalue weighted by molar-refractivity contribution is 5.69. The van der Waals surface area contributed by atoms with E-state index in [-0.39, 0.29) is 11.9 Å². The zero-order chi connectivity index (χ0) is 25.4. The van der Waals surface area contributed by atoms with Crippen LogP contribution in [0.2, 0.25) is 0 Å². The largest absolute Gasteiger partial charge is 0.465 e. The zero-order valence-corrected chi connectivity index (χ0v) is 21.0. The summed E-state index contributed by atoms with van der Waals surface area (Å²) in [7, 11) is 1.63. The molecule has 0 saturated carbocycles. The molecule has 0 radical (unpaired) electrons. The summed E-state index contributed by atoms with van der Waals surface area (Å²) in [6.45, 7) is 7.83. The Kier molecular flexibility index (Phi) is 6.18. The number of hydrogen-bond donors (Lipinski definition) is 2. The predicted molar refractivity (Wildman–Crippen MR) is 138 cm³/mol. The van der Waals surface area contributed by atoms with Gasteiger partial charge in [0.2, 0.25) is 11.5 Å². The normalized spacial score (nSPS) is 16.7. The van der Waals surface area contributed by atoms with Crippen LogP contribution in [-0.4, -0.2) is 70.4 Å². The van der Waals surface area contributed by atoms with Gasteiger partial charge in [-0.15, -0.1) is 0 Å². The Morgan fingerprint density at radius 3 is 2.65 bits per heavy atom. The number of nitrogens with one attached hydrogen (secondary N) is 2. The molecule has 12 heteroatoms. The molecule has 0 spiro atoms. The molecular formula is C25H31N9O3. The summed E-state index contributed by atoms with van der Waals surface area (Å²) >= 11 is 0. The summed E-state index contributed by atoms with van der Waals surface area (Å²) in [6.07, 6.45) is 3.20. The molecule has 1 unspecified atom stereocenters. The van der Waals surface area contributed by atoms with Crippen LogP contribution in [-0.2, 0) is 17.8 Å². The van der Waals surface area contributed by atoms with E-state index in [1.165, 1.54) is 5.69 Å². The van der Waals surface area contributed by atoms with Crippen LogP contribution in [0.25, 0.3) is 5.52 Å². The average molecular weight is 506 g/mol. The molecule has 0 bridgehead atoms. The molecule has 3 aromatic heterocycles. The van der Waals surface area contributed by atoms with Gasteiger partial charge in [-0.05, 0) is 37.3 Å². The van der Waals surface area contributed by atoms with Crippen LogP contribution in [0, 0.1) is 5.41 Å². The van der Waals surface area contributed by atoms with E-state index in [0.29, 0.717) is 24.8 Å². The molecule has 1 atom stereocenters. The van der Waals surface area contributed by atoms with Gasteiger partial charge in [0.1, 0.15) is 5.75 Å². The maximum absolute atomic E-state index is 8.51. The number of hydrogen-bond acceptors (Lipinski definition) is 10. The Labute approximate surface area is 214 Å². The monoisotopic (exact) mass is 505 g/mol. The van der Waals surface area contributed by atoms with Crippen LogP contribution in [0.5, 0.6) is 5.75 Å². The summed E-state index contributed by atoms with van der Waals surface area (Å²) in [5, 5.41) is 15.0. The van der Waals surface area contributed by atoms with E-state index >= 15 is 0 Å². The molecule has 4 aromatic rings. The highest BCUT2D eigenvalue weighted by Gasteiger charge is 2.26.